The van der Waals surface area contributed by atoms with E-state index in [4.69, 9.17) is 23.2 Å². The summed E-state index contributed by atoms with van der Waals surface area (Å²) in [6.07, 6.45) is 0.754. The number of amides is 3. The van der Waals surface area contributed by atoms with E-state index in [0.29, 0.717) is 10.6 Å². The summed E-state index contributed by atoms with van der Waals surface area (Å²) in [6.45, 7) is 1.51. The Kier molecular flexibility index (Phi) is 6.62. The summed E-state index contributed by atoms with van der Waals surface area (Å²) in [6, 6.07) is 11.5. The molecule has 0 N–H and O–H groups in total. The first kappa shape index (κ1) is 24.9. The zero-order valence-electron chi connectivity index (χ0n) is 18.4. The Morgan fingerprint density at radius 1 is 0.943 bits per heavy atom. The lowest BCUT2D eigenvalue weighted by Gasteiger charge is -2.35. The predicted molar refractivity (Wildman–Crippen MR) is 139 cm³/mol. The van der Waals surface area contributed by atoms with E-state index in [-0.39, 0.29) is 32.1 Å². The van der Waals surface area contributed by atoms with E-state index in [1.54, 1.807) is 42.5 Å². The fraction of sp³-hybridized carbons (Fsp3) is 0.360. The van der Waals surface area contributed by atoms with Crippen molar-refractivity contribution in [1.29, 1.82) is 0 Å². The van der Waals surface area contributed by atoms with Crippen LogP contribution in [0.25, 0.3) is 0 Å². The number of Topliss-reactive ketones (excluding diaryl/α,β-unsaturated/α-hetero) is 1. The molecular formula is C25H20Br2Cl2N2O4. The number of benzene rings is 2. The topological polar surface area (TPSA) is 74.8 Å². The first-order chi connectivity index (χ1) is 16.6. The number of imide groups is 1. The average molecular weight is 643 g/mol. The third-order valence-corrected chi connectivity index (χ3v) is 11.2. The zero-order chi connectivity index (χ0) is 25.2. The minimum absolute atomic E-state index is 0.0321. The summed E-state index contributed by atoms with van der Waals surface area (Å²) >= 11 is 19.6. The summed E-state index contributed by atoms with van der Waals surface area (Å²) in [5, 5.41) is 2.52. The van der Waals surface area contributed by atoms with Gasteiger partial charge in [-0.1, -0.05) is 67.2 Å². The SMILES string of the molecule is C[C@H](C(=O)c1ccc(Cl)cc1)N(C(=O)c1ccccc1Cl)N1C(=O)[C@@H]2[C@H]3C[C@@H]([C@@H](Br)[C@H]3Br)[C@H]2C1=O. The smallest absolute Gasteiger partial charge is 0.275 e. The lowest BCUT2D eigenvalue weighted by Crippen LogP contribution is -2.57. The molecule has 1 heterocycles. The molecule has 1 saturated heterocycles. The number of hydrazine groups is 1. The maximum absolute atomic E-state index is 13.8. The number of nitrogens with zero attached hydrogens (tertiary/aromatic N) is 2. The Labute approximate surface area is 229 Å². The summed E-state index contributed by atoms with van der Waals surface area (Å²) in [4.78, 5) is 54.8. The van der Waals surface area contributed by atoms with Crippen molar-refractivity contribution in [2.24, 2.45) is 23.7 Å². The van der Waals surface area contributed by atoms with Crippen molar-refractivity contribution >= 4 is 78.6 Å². The summed E-state index contributed by atoms with van der Waals surface area (Å²) in [5.41, 5.74) is 0.404. The molecule has 0 radical (unpaired) electrons. The third-order valence-electron chi connectivity index (χ3n) is 7.37. The van der Waals surface area contributed by atoms with Crippen LogP contribution < -0.4 is 0 Å². The predicted octanol–water partition coefficient (Wildman–Crippen LogP) is 5.40. The fourth-order valence-electron chi connectivity index (χ4n) is 5.71. The lowest BCUT2D eigenvalue weighted by molar-refractivity contribution is -0.157. The highest BCUT2D eigenvalue weighted by Gasteiger charge is 2.68. The van der Waals surface area contributed by atoms with Gasteiger partial charge in [0.05, 0.1) is 22.4 Å². The Balaban J connectivity index is 1.56. The number of carbonyl (C=O) groups excluding carboxylic acids is 4. The molecule has 1 aliphatic heterocycles. The largest absolute Gasteiger partial charge is 0.292 e. The number of fused-ring (bicyclic) bond motifs is 5. The molecule has 3 fully saturated rings. The first-order valence-corrected chi connectivity index (χ1v) is 13.8. The van der Waals surface area contributed by atoms with Gasteiger partial charge in [-0.3, -0.25) is 19.2 Å². The van der Waals surface area contributed by atoms with Gasteiger partial charge in [0.2, 0.25) is 0 Å². The molecule has 10 heteroatoms. The van der Waals surface area contributed by atoms with Crippen LogP contribution in [0.2, 0.25) is 10.0 Å². The van der Waals surface area contributed by atoms with Crippen LogP contribution in [0.5, 0.6) is 0 Å². The van der Waals surface area contributed by atoms with Gasteiger partial charge in [0, 0.05) is 20.2 Å². The van der Waals surface area contributed by atoms with Gasteiger partial charge in [-0.25, -0.2) is 5.01 Å². The van der Waals surface area contributed by atoms with E-state index in [1.807, 2.05) is 0 Å². The first-order valence-electron chi connectivity index (χ1n) is 11.2. The van der Waals surface area contributed by atoms with E-state index in [2.05, 4.69) is 31.9 Å². The van der Waals surface area contributed by atoms with Crippen LogP contribution in [0.1, 0.15) is 34.1 Å². The van der Waals surface area contributed by atoms with Gasteiger partial charge >= 0.3 is 0 Å². The molecule has 2 aromatic rings. The molecule has 5 rings (SSSR count). The molecule has 3 aliphatic rings. The van der Waals surface area contributed by atoms with E-state index in [1.165, 1.54) is 13.0 Å². The highest BCUT2D eigenvalue weighted by molar-refractivity contribution is 9.12. The van der Waals surface area contributed by atoms with Crippen LogP contribution in [0.15, 0.2) is 48.5 Å². The van der Waals surface area contributed by atoms with Gasteiger partial charge in [-0.15, -0.1) is 0 Å². The maximum atomic E-state index is 13.8. The van der Waals surface area contributed by atoms with Gasteiger partial charge in [0.15, 0.2) is 5.78 Å². The lowest BCUT2D eigenvalue weighted by atomic mass is 9.81. The van der Waals surface area contributed by atoms with Gasteiger partial charge < -0.3 is 0 Å². The van der Waals surface area contributed by atoms with Gasteiger partial charge in [0.25, 0.3) is 17.7 Å². The van der Waals surface area contributed by atoms with Crippen molar-refractivity contribution in [3.05, 3.63) is 69.7 Å². The average Bonchev–Trinajstić information content (AvgIpc) is 3.45. The standard InChI is InChI=1S/C25H20Br2Cl2N2O4/c1-11(22(32)12-6-8-13(28)9-7-12)30(23(33)14-4-2-3-5-17(14)29)31-24(34)18-15-10-16(19(18)25(31)35)21(27)20(15)26/h2-9,11,15-16,18-21H,10H2,1H3/t11-,15-,16-,18-,19-,20-,21+/m1/s1. The van der Waals surface area contributed by atoms with E-state index in [0.717, 1.165) is 16.4 Å². The molecule has 2 bridgehead atoms. The molecule has 6 nitrogen and oxygen atoms in total. The Morgan fingerprint density at radius 3 is 2.03 bits per heavy atom. The van der Waals surface area contributed by atoms with Crippen molar-refractivity contribution in [3.63, 3.8) is 0 Å². The highest BCUT2D eigenvalue weighted by atomic mass is 79.9. The molecule has 2 aromatic carbocycles. The van der Waals surface area contributed by atoms with E-state index >= 15 is 0 Å². The van der Waals surface area contributed by atoms with Crippen LogP contribution in [0.3, 0.4) is 0 Å². The minimum atomic E-state index is -1.15. The summed E-state index contributed by atoms with van der Waals surface area (Å²) in [5.74, 6) is -3.16. The minimum Gasteiger partial charge on any atom is -0.292 e. The molecule has 0 unspecified atom stereocenters. The molecule has 2 aliphatic carbocycles. The normalized spacial score (nSPS) is 29.9. The number of ketones is 1. The van der Waals surface area contributed by atoms with Crippen molar-refractivity contribution in [3.8, 4) is 0 Å². The summed E-state index contributed by atoms with van der Waals surface area (Å²) in [7, 11) is 0. The fourth-order valence-corrected chi connectivity index (χ4v) is 7.93. The van der Waals surface area contributed by atoms with Crippen LogP contribution in [-0.2, 0) is 9.59 Å². The number of carbonyl (C=O) groups is 4. The Bertz CT molecular complexity index is 1210. The van der Waals surface area contributed by atoms with Crippen molar-refractivity contribution in [2.45, 2.75) is 29.0 Å². The Hall–Kier alpha value is -1.74. The second-order valence-corrected chi connectivity index (χ2v) is 12.1. The van der Waals surface area contributed by atoms with E-state index < -0.39 is 41.4 Å². The molecular weight excluding hydrogens is 623 g/mol. The summed E-state index contributed by atoms with van der Waals surface area (Å²) < 4.78 is 0. The van der Waals surface area contributed by atoms with Crippen molar-refractivity contribution in [1.82, 2.24) is 10.0 Å². The third kappa shape index (κ3) is 3.88. The molecule has 7 atom stereocenters. The molecule has 0 spiro atoms. The molecule has 35 heavy (non-hydrogen) atoms. The van der Waals surface area contributed by atoms with Gasteiger partial charge in [-0.05, 0) is 61.6 Å². The van der Waals surface area contributed by atoms with Crippen LogP contribution >= 0.6 is 55.1 Å². The monoisotopic (exact) mass is 640 g/mol. The van der Waals surface area contributed by atoms with E-state index in [9.17, 15) is 19.2 Å². The highest BCUT2D eigenvalue weighted by Crippen LogP contribution is 2.60. The number of halogens is 4. The number of hydrogen-bond donors (Lipinski definition) is 0. The van der Waals surface area contributed by atoms with Crippen LogP contribution in [0.4, 0.5) is 0 Å². The Morgan fingerprint density at radius 2 is 1.49 bits per heavy atom. The zero-order valence-corrected chi connectivity index (χ0v) is 23.1. The second kappa shape index (κ2) is 9.29. The molecule has 0 aromatic heterocycles. The number of alkyl halides is 2. The van der Waals surface area contributed by atoms with Crippen LogP contribution in [-0.4, -0.2) is 49.2 Å². The van der Waals surface area contributed by atoms with Gasteiger partial charge in [0.1, 0.15) is 6.04 Å². The van der Waals surface area contributed by atoms with Gasteiger partial charge in [-0.2, -0.15) is 5.01 Å². The maximum Gasteiger partial charge on any atom is 0.275 e. The molecule has 182 valence electrons. The van der Waals surface area contributed by atoms with Crippen molar-refractivity contribution < 1.29 is 19.2 Å². The number of rotatable bonds is 5. The molecule has 3 amide bonds. The second-order valence-electron chi connectivity index (χ2n) is 9.17. The van der Waals surface area contributed by atoms with Crippen LogP contribution in [0, 0.1) is 23.7 Å². The van der Waals surface area contributed by atoms with Crippen molar-refractivity contribution in [2.75, 3.05) is 0 Å². The number of hydrogen-bond acceptors (Lipinski definition) is 4. The molecule has 2 saturated carbocycles. The quantitative estimate of drug-likeness (QED) is 0.249.